The third-order valence-electron chi connectivity index (χ3n) is 5.35. The highest BCUT2D eigenvalue weighted by Gasteiger charge is 2.69. The van der Waals surface area contributed by atoms with Gasteiger partial charge in [0.05, 0.1) is 11.2 Å². The number of hydrogen-bond acceptors (Lipinski definition) is 5. The molecule has 2 aromatic rings. The number of benzene rings is 1. The molecule has 2 amide bonds. The number of hydrogen-bond donors (Lipinski definition) is 2. The Hall–Kier alpha value is -2.87. The van der Waals surface area contributed by atoms with Crippen molar-refractivity contribution in [1.29, 1.82) is 0 Å². The highest BCUT2D eigenvalue weighted by atomic mass is 35.5. The zero-order valence-corrected chi connectivity index (χ0v) is 17.1. The maximum absolute atomic E-state index is 13.4. The molecule has 3 fully saturated rings. The minimum absolute atomic E-state index is 0.00561. The largest absolute Gasteiger partial charge is 0.484 e. The Morgan fingerprint density at radius 2 is 1.60 bits per heavy atom. The van der Waals surface area contributed by atoms with Gasteiger partial charge in [-0.3, -0.25) is 14.6 Å². The topological polar surface area (TPSA) is 89.6 Å². The maximum atomic E-state index is 13.4. The third-order valence-corrected chi connectivity index (χ3v) is 5.66. The number of halogens is 2. The van der Waals surface area contributed by atoms with Gasteiger partial charge in [0.25, 0.3) is 11.8 Å². The Morgan fingerprint density at radius 3 is 2.13 bits per heavy atom. The maximum Gasteiger partial charge on any atom is 0.258 e. The summed E-state index contributed by atoms with van der Waals surface area (Å²) in [5, 5.41) is 5.92. The van der Waals surface area contributed by atoms with Crippen molar-refractivity contribution in [2.75, 3.05) is 13.2 Å². The number of rotatable bonds is 8. The van der Waals surface area contributed by atoms with Gasteiger partial charge in [-0.1, -0.05) is 11.6 Å². The standard InChI is InChI=1S/C21H21ClFN3O4/c1-13-2-3-15(7-24-13)30-9-19(28)26-21-10-20(11-21,12-21)25-18(27)8-29-14-4-5-16(22)17(23)6-14/h2-7H,8-12H2,1H3,(H,25,27)(H,26,28). The lowest BCUT2D eigenvalue weighted by Gasteiger charge is -2.70. The molecule has 0 spiro atoms. The number of carbonyl (C=O) groups is 2. The first-order valence-corrected chi connectivity index (χ1v) is 9.90. The van der Waals surface area contributed by atoms with Crippen molar-refractivity contribution in [3.63, 3.8) is 0 Å². The Morgan fingerprint density at radius 1 is 1.03 bits per heavy atom. The zero-order valence-electron chi connectivity index (χ0n) is 16.3. The van der Waals surface area contributed by atoms with Gasteiger partial charge < -0.3 is 20.1 Å². The molecule has 1 aromatic heterocycles. The molecule has 0 atom stereocenters. The number of nitrogens with one attached hydrogen (secondary N) is 2. The molecule has 2 bridgehead atoms. The summed E-state index contributed by atoms with van der Waals surface area (Å²) >= 11 is 5.62. The Kier molecular flexibility index (Phi) is 5.27. The highest BCUT2D eigenvalue weighted by Crippen LogP contribution is 2.60. The molecule has 0 unspecified atom stereocenters. The zero-order chi connectivity index (χ0) is 21.4. The second-order valence-corrected chi connectivity index (χ2v) is 8.38. The van der Waals surface area contributed by atoms with E-state index in [-0.39, 0.29) is 46.9 Å². The van der Waals surface area contributed by atoms with Crippen LogP contribution in [-0.4, -0.2) is 41.1 Å². The molecule has 3 aliphatic rings. The van der Waals surface area contributed by atoms with Gasteiger partial charge in [0.2, 0.25) is 0 Å². The average molecular weight is 434 g/mol. The van der Waals surface area contributed by atoms with Crippen molar-refractivity contribution < 1.29 is 23.5 Å². The molecular formula is C21H21ClFN3O4. The van der Waals surface area contributed by atoms with E-state index in [1.54, 1.807) is 12.3 Å². The van der Waals surface area contributed by atoms with Gasteiger partial charge in [0.15, 0.2) is 13.2 Å². The molecule has 0 aliphatic heterocycles. The normalized spacial score (nSPS) is 23.6. The van der Waals surface area contributed by atoms with Crippen LogP contribution < -0.4 is 20.1 Å². The van der Waals surface area contributed by atoms with Crippen LogP contribution in [0.5, 0.6) is 11.5 Å². The van der Waals surface area contributed by atoms with Crippen LogP contribution in [0.2, 0.25) is 5.02 Å². The molecule has 0 saturated heterocycles. The van der Waals surface area contributed by atoms with E-state index < -0.39 is 5.82 Å². The monoisotopic (exact) mass is 433 g/mol. The summed E-state index contributed by atoms with van der Waals surface area (Å²) in [5.41, 5.74) is 0.291. The van der Waals surface area contributed by atoms with Crippen molar-refractivity contribution >= 4 is 23.4 Å². The fourth-order valence-electron chi connectivity index (χ4n) is 4.12. The number of ether oxygens (including phenoxy) is 2. The Bertz CT molecular complexity index is 963. The summed E-state index contributed by atoms with van der Waals surface area (Å²) in [5.74, 6) is -0.326. The number of pyridine rings is 1. The molecule has 158 valence electrons. The first-order valence-electron chi connectivity index (χ1n) is 9.52. The predicted octanol–water partition coefficient (Wildman–Crippen LogP) is 2.55. The smallest absolute Gasteiger partial charge is 0.258 e. The van der Waals surface area contributed by atoms with Crippen LogP contribution in [0.25, 0.3) is 0 Å². The number of aryl methyl sites for hydroxylation is 1. The van der Waals surface area contributed by atoms with Gasteiger partial charge in [-0.05, 0) is 50.5 Å². The summed E-state index contributed by atoms with van der Waals surface area (Å²) < 4.78 is 24.1. The van der Waals surface area contributed by atoms with Gasteiger partial charge in [-0.15, -0.1) is 0 Å². The van der Waals surface area contributed by atoms with Crippen LogP contribution in [0.15, 0.2) is 36.5 Å². The first-order chi connectivity index (χ1) is 14.3. The van der Waals surface area contributed by atoms with E-state index in [0.29, 0.717) is 25.0 Å². The molecule has 3 saturated carbocycles. The summed E-state index contributed by atoms with van der Waals surface area (Å²) in [6.45, 7) is 1.56. The van der Waals surface area contributed by atoms with E-state index in [2.05, 4.69) is 15.6 Å². The predicted molar refractivity (Wildman–Crippen MR) is 107 cm³/mol. The number of aromatic nitrogens is 1. The van der Waals surface area contributed by atoms with Crippen LogP contribution in [0.4, 0.5) is 4.39 Å². The van der Waals surface area contributed by atoms with Gasteiger partial charge in [0.1, 0.15) is 17.3 Å². The molecular weight excluding hydrogens is 413 g/mol. The average Bonchev–Trinajstić information content (AvgIpc) is 2.66. The van der Waals surface area contributed by atoms with Gasteiger partial charge >= 0.3 is 0 Å². The minimum Gasteiger partial charge on any atom is -0.484 e. The van der Waals surface area contributed by atoms with E-state index >= 15 is 0 Å². The summed E-state index contributed by atoms with van der Waals surface area (Å²) in [6, 6.07) is 7.58. The summed E-state index contributed by atoms with van der Waals surface area (Å²) in [7, 11) is 0. The number of carbonyl (C=O) groups excluding carboxylic acids is 2. The fraction of sp³-hybridized carbons (Fsp3) is 0.381. The van der Waals surface area contributed by atoms with Crippen LogP contribution in [0.1, 0.15) is 25.0 Å². The van der Waals surface area contributed by atoms with Crippen LogP contribution in [0, 0.1) is 12.7 Å². The highest BCUT2D eigenvalue weighted by molar-refractivity contribution is 6.30. The van der Waals surface area contributed by atoms with Crippen molar-refractivity contribution in [3.05, 3.63) is 53.1 Å². The van der Waals surface area contributed by atoms with Crippen molar-refractivity contribution in [1.82, 2.24) is 15.6 Å². The van der Waals surface area contributed by atoms with E-state index in [4.69, 9.17) is 21.1 Å². The lowest BCUT2D eigenvalue weighted by molar-refractivity contribution is -0.151. The molecule has 3 aliphatic carbocycles. The minimum atomic E-state index is -0.602. The van der Waals surface area contributed by atoms with Crippen LogP contribution in [-0.2, 0) is 9.59 Å². The molecule has 2 N–H and O–H groups in total. The quantitative estimate of drug-likeness (QED) is 0.667. The summed E-state index contributed by atoms with van der Waals surface area (Å²) in [6.07, 6.45) is 3.58. The van der Waals surface area contributed by atoms with Crippen molar-refractivity contribution in [3.8, 4) is 11.5 Å². The van der Waals surface area contributed by atoms with E-state index in [1.165, 1.54) is 12.1 Å². The van der Waals surface area contributed by atoms with E-state index in [9.17, 15) is 14.0 Å². The molecule has 30 heavy (non-hydrogen) atoms. The van der Waals surface area contributed by atoms with Crippen molar-refractivity contribution in [2.45, 2.75) is 37.3 Å². The molecule has 0 radical (unpaired) electrons. The Balaban J connectivity index is 1.17. The SMILES string of the molecule is Cc1ccc(OCC(=O)NC23CC(NC(=O)COc4ccc(Cl)c(F)c4)(C2)C3)cn1. The second-order valence-electron chi connectivity index (χ2n) is 7.98. The lowest BCUT2D eigenvalue weighted by atomic mass is 9.44. The van der Waals surface area contributed by atoms with Crippen LogP contribution in [0.3, 0.4) is 0 Å². The van der Waals surface area contributed by atoms with Gasteiger partial charge in [0, 0.05) is 22.8 Å². The lowest BCUT2D eigenvalue weighted by Crippen LogP contribution is -2.84. The van der Waals surface area contributed by atoms with Crippen molar-refractivity contribution in [2.24, 2.45) is 0 Å². The van der Waals surface area contributed by atoms with E-state index in [0.717, 1.165) is 11.8 Å². The Labute approximate surface area is 177 Å². The first kappa shape index (κ1) is 20.4. The molecule has 9 heteroatoms. The third kappa shape index (κ3) is 4.33. The van der Waals surface area contributed by atoms with Gasteiger partial charge in [-0.25, -0.2) is 4.39 Å². The molecule has 5 rings (SSSR count). The molecule has 1 aromatic carbocycles. The number of amides is 2. The number of nitrogens with zero attached hydrogens (tertiary/aromatic N) is 1. The molecule has 1 heterocycles. The van der Waals surface area contributed by atoms with Gasteiger partial charge in [-0.2, -0.15) is 0 Å². The summed E-state index contributed by atoms with van der Waals surface area (Å²) in [4.78, 5) is 28.4. The van der Waals surface area contributed by atoms with Crippen LogP contribution >= 0.6 is 11.6 Å². The second kappa shape index (κ2) is 7.75. The fourth-order valence-corrected chi connectivity index (χ4v) is 4.24. The van der Waals surface area contributed by atoms with E-state index in [1.807, 2.05) is 13.0 Å². The molecule has 7 nitrogen and oxygen atoms in total.